The van der Waals surface area contributed by atoms with Gasteiger partial charge in [0.1, 0.15) is 0 Å². The summed E-state index contributed by atoms with van der Waals surface area (Å²) in [5.74, 6) is -0.263. The zero-order valence-corrected chi connectivity index (χ0v) is 10.0. The van der Waals surface area contributed by atoms with E-state index in [4.69, 9.17) is 9.47 Å². The van der Waals surface area contributed by atoms with Gasteiger partial charge < -0.3 is 9.47 Å². The fourth-order valence-electron chi connectivity index (χ4n) is 1.32. The maximum atomic E-state index is 11.7. The molecule has 3 nitrogen and oxygen atoms in total. The average Bonchev–Trinajstić information content (AvgIpc) is 2.29. The molecule has 0 heterocycles. The molecule has 0 aliphatic carbocycles. The van der Waals surface area contributed by atoms with Gasteiger partial charge in [0.15, 0.2) is 0 Å². The van der Waals surface area contributed by atoms with Crippen molar-refractivity contribution in [2.45, 2.75) is 26.4 Å². The molecule has 0 amide bonds. The van der Waals surface area contributed by atoms with Crippen LogP contribution in [0.3, 0.4) is 0 Å². The molecule has 0 aliphatic rings. The number of esters is 1. The molecule has 1 aromatic carbocycles. The highest BCUT2D eigenvalue weighted by molar-refractivity contribution is 5.90. The van der Waals surface area contributed by atoms with Crippen LogP contribution in [0.5, 0.6) is 0 Å². The summed E-state index contributed by atoms with van der Waals surface area (Å²) in [5, 5.41) is 0. The number of methoxy groups -OCH3 is 1. The third-order valence-electron chi connectivity index (χ3n) is 2.52. The summed E-state index contributed by atoms with van der Waals surface area (Å²) in [5.41, 5.74) is 1.57. The lowest BCUT2D eigenvalue weighted by Gasteiger charge is -2.10. The van der Waals surface area contributed by atoms with Crippen molar-refractivity contribution in [3.05, 3.63) is 35.4 Å². The zero-order chi connectivity index (χ0) is 12.0. The normalized spacial score (nSPS) is 12.2. The average molecular weight is 222 g/mol. The van der Waals surface area contributed by atoms with Crippen molar-refractivity contribution in [3.8, 4) is 0 Å². The zero-order valence-electron chi connectivity index (χ0n) is 10.0. The highest BCUT2D eigenvalue weighted by atomic mass is 16.5. The molecule has 1 aromatic rings. The van der Waals surface area contributed by atoms with E-state index in [0.717, 1.165) is 5.56 Å². The van der Waals surface area contributed by atoms with Crippen molar-refractivity contribution in [1.29, 1.82) is 0 Å². The third-order valence-corrected chi connectivity index (χ3v) is 2.52. The summed E-state index contributed by atoms with van der Waals surface area (Å²) in [6, 6.07) is 7.41. The standard InChI is InChI=1S/C13H18O3/c1-10-6-4-5-7-12(10)13(14)16-9-8-11(2)15-3/h4-7,11H,8-9H2,1-3H3. The molecular formula is C13H18O3. The molecule has 88 valence electrons. The molecule has 0 fully saturated rings. The minimum Gasteiger partial charge on any atom is -0.462 e. The van der Waals surface area contributed by atoms with Crippen molar-refractivity contribution < 1.29 is 14.3 Å². The van der Waals surface area contributed by atoms with Gasteiger partial charge in [-0.2, -0.15) is 0 Å². The first-order valence-corrected chi connectivity index (χ1v) is 5.40. The number of benzene rings is 1. The number of carbonyl (C=O) groups is 1. The second-order valence-electron chi connectivity index (χ2n) is 3.79. The van der Waals surface area contributed by atoms with Crippen molar-refractivity contribution in [2.24, 2.45) is 0 Å². The van der Waals surface area contributed by atoms with Crippen molar-refractivity contribution in [1.82, 2.24) is 0 Å². The number of aryl methyl sites for hydroxylation is 1. The Bertz CT molecular complexity index is 347. The monoisotopic (exact) mass is 222 g/mol. The number of carbonyl (C=O) groups excluding carboxylic acids is 1. The number of hydrogen-bond acceptors (Lipinski definition) is 3. The van der Waals surface area contributed by atoms with Crippen LogP contribution in [0, 0.1) is 6.92 Å². The first-order chi connectivity index (χ1) is 7.65. The fraction of sp³-hybridized carbons (Fsp3) is 0.462. The van der Waals surface area contributed by atoms with E-state index in [0.29, 0.717) is 18.6 Å². The van der Waals surface area contributed by atoms with Gasteiger partial charge in [0, 0.05) is 13.5 Å². The Balaban J connectivity index is 2.44. The molecule has 1 unspecified atom stereocenters. The van der Waals surface area contributed by atoms with Gasteiger partial charge in [0.05, 0.1) is 18.3 Å². The van der Waals surface area contributed by atoms with Crippen LogP contribution in [-0.2, 0) is 9.47 Å². The number of rotatable bonds is 5. The lowest BCUT2D eigenvalue weighted by atomic mass is 10.1. The summed E-state index contributed by atoms with van der Waals surface area (Å²) in [6.45, 7) is 4.23. The molecule has 0 aliphatic heterocycles. The lowest BCUT2D eigenvalue weighted by Crippen LogP contribution is -2.13. The fourth-order valence-corrected chi connectivity index (χ4v) is 1.32. The summed E-state index contributed by atoms with van der Waals surface area (Å²) in [6.07, 6.45) is 0.832. The molecule has 0 N–H and O–H groups in total. The summed E-state index contributed by atoms with van der Waals surface area (Å²) < 4.78 is 10.2. The highest BCUT2D eigenvalue weighted by Gasteiger charge is 2.09. The maximum Gasteiger partial charge on any atom is 0.338 e. The molecule has 0 spiro atoms. The van der Waals surface area contributed by atoms with Gasteiger partial charge in [0.2, 0.25) is 0 Å². The van der Waals surface area contributed by atoms with E-state index in [-0.39, 0.29) is 12.1 Å². The first-order valence-electron chi connectivity index (χ1n) is 5.40. The van der Waals surface area contributed by atoms with Crippen molar-refractivity contribution in [2.75, 3.05) is 13.7 Å². The Morgan fingerprint density at radius 1 is 1.38 bits per heavy atom. The van der Waals surface area contributed by atoms with E-state index >= 15 is 0 Å². The molecule has 3 heteroatoms. The molecule has 0 saturated heterocycles. The first kappa shape index (κ1) is 12.7. The highest BCUT2D eigenvalue weighted by Crippen LogP contribution is 2.09. The molecule has 0 aromatic heterocycles. The molecular weight excluding hydrogens is 204 g/mol. The van der Waals surface area contributed by atoms with Crippen LogP contribution in [0.2, 0.25) is 0 Å². The smallest absolute Gasteiger partial charge is 0.338 e. The van der Waals surface area contributed by atoms with E-state index in [1.807, 2.05) is 32.0 Å². The minimum atomic E-state index is -0.263. The topological polar surface area (TPSA) is 35.5 Å². The van der Waals surface area contributed by atoms with Crippen LogP contribution in [-0.4, -0.2) is 25.8 Å². The van der Waals surface area contributed by atoms with E-state index in [2.05, 4.69) is 0 Å². The SMILES string of the molecule is COC(C)CCOC(=O)c1ccccc1C. The Labute approximate surface area is 96.4 Å². The molecule has 1 rings (SSSR count). The Morgan fingerprint density at radius 2 is 2.06 bits per heavy atom. The molecule has 1 atom stereocenters. The van der Waals surface area contributed by atoms with Crippen LogP contribution in [0.15, 0.2) is 24.3 Å². The lowest BCUT2D eigenvalue weighted by molar-refractivity contribution is 0.0390. The van der Waals surface area contributed by atoms with Crippen molar-refractivity contribution >= 4 is 5.97 Å². The van der Waals surface area contributed by atoms with Gasteiger partial charge in [-0.05, 0) is 25.5 Å². The minimum absolute atomic E-state index is 0.115. The molecule has 0 radical (unpaired) electrons. The predicted octanol–water partition coefficient (Wildman–Crippen LogP) is 2.58. The van der Waals surface area contributed by atoms with Crippen LogP contribution in [0.4, 0.5) is 0 Å². The molecule has 0 bridgehead atoms. The Hall–Kier alpha value is -1.35. The second kappa shape index (κ2) is 6.28. The summed E-state index contributed by atoms with van der Waals surface area (Å²) >= 11 is 0. The Kier molecular flexibility index (Phi) is 4.99. The van der Waals surface area contributed by atoms with E-state index in [9.17, 15) is 4.79 Å². The van der Waals surface area contributed by atoms with Crippen LogP contribution >= 0.6 is 0 Å². The van der Waals surface area contributed by atoms with Crippen LogP contribution in [0.25, 0.3) is 0 Å². The Morgan fingerprint density at radius 3 is 2.69 bits per heavy atom. The quantitative estimate of drug-likeness (QED) is 0.718. The van der Waals surface area contributed by atoms with E-state index < -0.39 is 0 Å². The van der Waals surface area contributed by atoms with Gasteiger partial charge in [-0.1, -0.05) is 18.2 Å². The van der Waals surface area contributed by atoms with E-state index in [1.54, 1.807) is 13.2 Å². The number of hydrogen-bond donors (Lipinski definition) is 0. The van der Waals surface area contributed by atoms with E-state index in [1.165, 1.54) is 0 Å². The third kappa shape index (κ3) is 3.66. The molecule has 0 saturated carbocycles. The van der Waals surface area contributed by atoms with Gasteiger partial charge in [-0.15, -0.1) is 0 Å². The van der Waals surface area contributed by atoms with Gasteiger partial charge in [-0.25, -0.2) is 4.79 Å². The number of ether oxygens (including phenoxy) is 2. The van der Waals surface area contributed by atoms with Gasteiger partial charge in [0.25, 0.3) is 0 Å². The second-order valence-corrected chi connectivity index (χ2v) is 3.79. The summed E-state index contributed by atoms with van der Waals surface area (Å²) in [4.78, 5) is 11.7. The van der Waals surface area contributed by atoms with Crippen LogP contribution < -0.4 is 0 Å². The maximum absolute atomic E-state index is 11.7. The van der Waals surface area contributed by atoms with Gasteiger partial charge >= 0.3 is 5.97 Å². The predicted molar refractivity (Wildman–Crippen MR) is 62.5 cm³/mol. The van der Waals surface area contributed by atoms with Gasteiger partial charge in [-0.3, -0.25) is 0 Å². The summed E-state index contributed by atoms with van der Waals surface area (Å²) in [7, 11) is 1.65. The van der Waals surface area contributed by atoms with Crippen LogP contribution in [0.1, 0.15) is 29.3 Å². The molecule has 16 heavy (non-hydrogen) atoms. The largest absolute Gasteiger partial charge is 0.462 e. The van der Waals surface area contributed by atoms with Crippen molar-refractivity contribution in [3.63, 3.8) is 0 Å².